The molecule has 33 heavy (non-hydrogen) atoms. The van der Waals surface area contributed by atoms with Crippen LogP contribution in [-0.4, -0.2) is 21.6 Å². The fraction of sp³-hybridized carbons (Fsp3) is 0.0400. The van der Waals surface area contributed by atoms with Gasteiger partial charge in [-0.15, -0.1) is 0 Å². The van der Waals surface area contributed by atoms with Gasteiger partial charge in [0.2, 0.25) is 0 Å². The van der Waals surface area contributed by atoms with Crippen LogP contribution in [0.3, 0.4) is 0 Å². The van der Waals surface area contributed by atoms with Crippen molar-refractivity contribution >= 4 is 17.8 Å². The molecule has 0 saturated heterocycles. The lowest BCUT2D eigenvalue weighted by Crippen LogP contribution is -2.19. The zero-order valence-electron chi connectivity index (χ0n) is 17.5. The topological polar surface area (TPSA) is 98.8 Å². The number of carbonyl (C=O) groups excluding carboxylic acids is 1. The monoisotopic (exact) mass is 440 g/mol. The van der Waals surface area contributed by atoms with Crippen LogP contribution in [0.2, 0.25) is 0 Å². The van der Waals surface area contributed by atoms with Crippen molar-refractivity contribution in [3.05, 3.63) is 124 Å². The molecule has 3 aromatic carbocycles. The van der Waals surface area contributed by atoms with E-state index in [9.17, 15) is 14.9 Å². The maximum Gasteiger partial charge on any atom is 0.273 e. The molecule has 0 aliphatic heterocycles. The Morgan fingerprint density at radius 3 is 2.36 bits per heavy atom. The lowest BCUT2D eigenvalue weighted by Gasteiger charge is -2.09. The standard InChI is InChI=1S/C25H20N4O4/c30-25(23-5-1-2-6-24(23)28-15-3-4-16-28)27-26-17-19-9-13-22(14-10-19)33-18-20-7-11-21(12-8-20)29(31)32/h1-17H,18H2,(H,27,30)/b26-17-. The molecule has 0 atom stereocenters. The highest BCUT2D eigenvalue weighted by Crippen LogP contribution is 2.17. The van der Waals surface area contributed by atoms with Crippen molar-refractivity contribution < 1.29 is 14.5 Å². The molecule has 1 N–H and O–H groups in total. The minimum atomic E-state index is -0.436. The number of nitrogens with one attached hydrogen (secondary N) is 1. The van der Waals surface area contributed by atoms with Crippen LogP contribution in [0.25, 0.3) is 5.69 Å². The smallest absolute Gasteiger partial charge is 0.273 e. The van der Waals surface area contributed by atoms with Gasteiger partial charge in [-0.3, -0.25) is 14.9 Å². The summed E-state index contributed by atoms with van der Waals surface area (Å²) in [6.07, 6.45) is 5.30. The van der Waals surface area contributed by atoms with E-state index in [4.69, 9.17) is 4.74 Å². The number of carbonyl (C=O) groups is 1. The van der Waals surface area contributed by atoms with Crippen molar-refractivity contribution in [2.45, 2.75) is 6.61 Å². The van der Waals surface area contributed by atoms with Crippen LogP contribution in [0.4, 0.5) is 5.69 Å². The Balaban J connectivity index is 1.32. The fourth-order valence-electron chi connectivity index (χ4n) is 3.14. The first kappa shape index (κ1) is 21.5. The summed E-state index contributed by atoms with van der Waals surface area (Å²) < 4.78 is 7.58. The molecule has 0 aliphatic rings. The second-order valence-corrected chi connectivity index (χ2v) is 7.09. The summed E-state index contributed by atoms with van der Waals surface area (Å²) in [4.78, 5) is 22.9. The van der Waals surface area contributed by atoms with Crippen molar-refractivity contribution in [2.24, 2.45) is 5.10 Å². The zero-order chi connectivity index (χ0) is 23.0. The molecule has 0 aliphatic carbocycles. The molecule has 4 rings (SSSR count). The minimum absolute atomic E-state index is 0.0442. The molecule has 1 amide bonds. The zero-order valence-corrected chi connectivity index (χ0v) is 17.5. The molecule has 8 nitrogen and oxygen atoms in total. The van der Waals surface area contributed by atoms with Crippen LogP contribution in [-0.2, 0) is 6.61 Å². The van der Waals surface area contributed by atoms with E-state index in [0.717, 1.165) is 16.8 Å². The number of non-ortho nitro benzene ring substituents is 1. The lowest BCUT2D eigenvalue weighted by atomic mass is 10.1. The highest BCUT2D eigenvalue weighted by Gasteiger charge is 2.11. The number of hydrogen-bond donors (Lipinski definition) is 1. The molecule has 164 valence electrons. The Kier molecular flexibility index (Phi) is 6.56. The number of hydrazone groups is 1. The molecule has 8 heteroatoms. The maximum absolute atomic E-state index is 12.6. The van der Waals surface area contributed by atoms with Gasteiger partial charge in [-0.25, -0.2) is 5.43 Å². The first-order chi connectivity index (χ1) is 16.1. The average molecular weight is 440 g/mol. The van der Waals surface area contributed by atoms with Gasteiger partial charge in [0.05, 0.1) is 22.4 Å². The fourth-order valence-corrected chi connectivity index (χ4v) is 3.14. The van der Waals surface area contributed by atoms with Crippen LogP contribution in [0, 0.1) is 10.1 Å². The van der Waals surface area contributed by atoms with Gasteiger partial charge in [0.25, 0.3) is 11.6 Å². The molecule has 0 spiro atoms. The average Bonchev–Trinajstić information content (AvgIpc) is 3.39. The molecular weight excluding hydrogens is 420 g/mol. The van der Waals surface area contributed by atoms with Gasteiger partial charge in [-0.1, -0.05) is 12.1 Å². The predicted octanol–water partition coefficient (Wildman–Crippen LogP) is 4.73. The van der Waals surface area contributed by atoms with E-state index in [1.807, 2.05) is 53.4 Å². The number of nitro groups is 1. The van der Waals surface area contributed by atoms with E-state index >= 15 is 0 Å². The Morgan fingerprint density at radius 1 is 0.970 bits per heavy atom. The number of para-hydroxylation sites is 1. The largest absolute Gasteiger partial charge is 0.489 e. The third-order valence-electron chi connectivity index (χ3n) is 4.84. The normalized spacial score (nSPS) is 10.8. The minimum Gasteiger partial charge on any atom is -0.489 e. The Labute approximate surface area is 189 Å². The molecule has 0 fully saturated rings. The second kappa shape index (κ2) is 10.1. The number of ether oxygens (including phenoxy) is 1. The predicted molar refractivity (Wildman–Crippen MR) is 125 cm³/mol. The maximum atomic E-state index is 12.6. The van der Waals surface area contributed by atoms with Crippen molar-refractivity contribution in [2.75, 3.05) is 0 Å². The van der Waals surface area contributed by atoms with E-state index < -0.39 is 4.92 Å². The molecule has 0 radical (unpaired) electrons. The SMILES string of the molecule is O=C(N/N=C\c1ccc(OCc2ccc([N+](=O)[O-])cc2)cc1)c1ccccc1-n1cccc1. The quantitative estimate of drug-likeness (QED) is 0.243. The lowest BCUT2D eigenvalue weighted by molar-refractivity contribution is -0.384. The summed E-state index contributed by atoms with van der Waals surface area (Å²) >= 11 is 0. The number of rotatable bonds is 8. The number of nitro benzene ring substituents is 1. The van der Waals surface area contributed by atoms with Crippen molar-refractivity contribution in [1.29, 1.82) is 0 Å². The van der Waals surface area contributed by atoms with Crippen molar-refractivity contribution in [1.82, 2.24) is 9.99 Å². The third-order valence-corrected chi connectivity index (χ3v) is 4.84. The first-order valence-corrected chi connectivity index (χ1v) is 10.1. The van der Waals surface area contributed by atoms with E-state index in [-0.39, 0.29) is 11.6 Å². The molecular formula is C25H20N4O4. The van der Waals surface area contributed by atoms with Gasteiger partial charge in [-0.2, -0.15) is 5.10 Å². The number of amides is 1. The molecule has 0 bridgehead atoms. The summed E-state index contributed by atoms with van der Waals surface area (Å²) in [6.45, 7) is 0.294. The summed E-state index contributed by atoms with van der Waals surface area (Å²) in [6, 6.07) is 24.5. The number of hydrogen-bond acceptors (Lipinski definition) is 5. The molecule has 4 aromatic rings. The van der Waals surface area contributed by atoms with Crippen LogP contribution < -0.4 is 10.2 Å². The Hall–Kier alpha value is -4.72. The van der Waals surface area contributed by atoms with Crippen LogP contribution in [0.5, 0.6) is 5.75 Å². The second-order valence-electron chi connectivity index (χ2n) is 7.09. The molecule has 0 unspecified atom stereocenters. The van der Waals surface area contributed by atoms with Gasteiger partial charge < -0.3 is 9.30 Å². The van der Waals surface area contributed by atoms with Crippen LogP contribution in [0.1, 0.15) is 21.5 Å². The van der Waals surface area contributed by atoms with Gasteiger partial charge in [0.1, 0.15) is 12.4 Å². The summed E-state index contributed by atoms with van der Waals surface area (Å²) in [5, 5.41) is 14.8. The first-order valence-electron chi connectivity index (χ1n) is 10.1. The van der Waals surface area contributed by atoms with E-state index in [0.29, 0.717) is 17.9 Å². The summed E-state index contributed by atoms with van der Waals surface area (Å²) in [5.41, 5.74) is 5.51. The van der Waals surface area contributed by atoms with Gasteiger partial charge in [0, 0.05) is 24.5 Å². The van der Waals surface area contributed by atoms with Gasteiger partial charge in [0.15, 0.2) is 0 Å². The van der Waals surface area contributed by atoms with E-state index in [1.165, 1.54) is 12.1 Å². The summed E-state index contributed by atoms with van der Waals surface area (Å²) in [7, 11) is 0. The summed E-state index contributed by atoms with van der Waals surface area (Å²) in [5.74, 6) is 0.341. The molecule has 1 aromatic heterocycles. The van der Waals surface area contributed by atoms with Crippen molar-refractivity contribution in [3.63, 3.8) is 0 Å². The van der Waals surface area contributed by atoms with Crippen molar-refractivity contribution in [3.8, 4) is 11.4 Å². The highest BCUT2D eigenvalue weighted by atomic mass is 16.6. The third kappa shape index (κ3) is 5.50. The Morgan fingerprint density at radius 2 is 1.67 bits per heavy atom. The van der Waals surface area contributed by atoms with Crippen LogP contribution >= 0.6 is 0 Å². The van der Waals surface area contributed by atoms with E-state index in [1.54, 1.807) is 42.6 Å². The molecule has 1 heterocycles. The number of aromatic nitrogens is 1. The number of benzene rings is 3. The Bertz CT molecular complexity index is 1260. The van der Waals surface area contributed by atoms with E-state index in [2.05, 4.69) is 10.5 Å². The van der Waals surface area contributed by atoms with Gasteiger partial charge >= 0.3 is 0 Å². The highest BCUT2D eigenvalue weighted by molar-refractivity contribution is 5.98. The molecule has 0 saturated carbocycles. The van der Waals surface area contributed by atoms with Crippen LogP contribution in [0.15, 0.2) is 102 Å². The number of nitrogens with zero attached hydrogens (tertiary/aromatic N) is 3. The van der Waals surface area contributed by atoms with Gasteiger partial charge in [-0.05, 0) is 71.8 Å².